The van der Waals surface area contributed by atoms with Gasteiger partial charge in [0.1, 0.15) is 0 Å². The molecule has 0 spiro atoms. The molecule has 0 aromatic carbocycles. The molecular formula is C13H28N4. The van der Waals surface area contributed by atoms with Crippen LogP contribution in [0.1, 0.15) is 52.9 Å². The van der Waals surface area contributed by atoms with Gasteiger partial charge < -0.3 is 4.90 Å². The van der Waals surface area contributed by atoms with E-state index >= 15 is 0 Å². The van der Waals surface area contributed by atoms with Crippen molar-refractivity contribution in [2.45, 2.75) is 58.9 Å². The second-order valence-corrected chi connectivity index (χ2v) is 6.31. The monoisotopic (exact) mass is 240 g/mol. The summed E-state index contributed by atoms with van der Waals surface area (Å²) in [5.41, 5.74) is 3.00. The standard InChI is InChI=1S/C13H28N4/c1-13(2,3)10-17(4)12(16-14)15-11-8-6-5-7-9-11/h11H,5-10,14H2,1-4H3,(H,15,16). The van der Waals surface area contributed by atoms with E-state index in [-0.39, 0.29) is 5.41 Å². The average molecular weight is 240 g/mol. The van der Waals surface area contributed by atoms with Crippen molar-refractivity contribution in [1.29, 1.82) is 0 Å². The predicted octanol–water partition coefficient (Wildman–Crippen LogP) is 2.12. The Balaban J connectivity index is 2.59. The molecule has 17 heavy (non-hydrogen) atoms. The maximum absolute atomic E-state index is 5.59. The van der Waals surface area contributed by atoms with Crippen LogP contribution in [0.3, 0.4) is 0 Å². The minimum Gasteiger partial charge on any atom is -0.344 e. The van der Waals surface area contributed by atoms with Gasteiger partial charge in [0.2, 0.25) is 5.96 Å². The highest BCUT2D eigenvalue weighted by molar-refractivity contribution is 5.79. The molecule has 100 valence electrons. The van der Waals surface area contributed by atoms with Gasteiger partial charge in [-0.2, -0.15) is 0 Å². The van der Waals surface area contributed by atoms with Crippen molar-refractivity contribution in [3.05, 3.63) is 0 Å². The number of nitrogens with zero attached hydrogens (tertiary/aromatic N) is 2. The Morgan fingerprint density at radius 1 is 1.29 bits per heavy atom. The minimum absolute atomic E-state index is 0.249. The molecule has 3 N–H and O–H groups in total. The summed E-state index contributed by atoms with van der Waals surface area (Å²) < 4.78 is 0. The van der Waals surface area contributed by atoms with E-state index in [1.165, 1.54) is 32.1 Å². The number of rotatable bonds is 2. The van der Waals surface area contributed by atoms with E-state index in [4.69, 9.17) is 10.8 Å². The number of nitrogens with one attached hydrogen (secondary N) is 1. The first-order chi connectivity index (χ1) is 7.92. The molecule has 1 fully saturated rings. The van der Waals surface area contributed by atoms with Crippen LogP contribution in [0.4, 0.5) is 0 Å². The highest BCUT2D eigenvalue weighted by atomic mass is 15.4. The second-order valence-electron chi connectivity index (χ2n) is 6.31. The maximum Gasteiger partial charge on any atom is 0.208 e. The summed E-state index contributed by atoms with van der Waals surface area (Å²) >= 11 is 0. The second kappa shape index (κ2) is 6.24. The SMILES string of the molecule is CN(CC(C)(C)C)C(=NC1CCCCC1)NN. The van der Waals surface area contributed by atoms with Crippen LogP contribution < -0.4 is 11.3 Å². The highest BCUT2D eigenvalue weighted by Crippen LogP contribution is 2.21. The Kier molecular flexibility index (Phi) is 5.25. The summed E-state index contributed by atoms with van der Waals surface area (Å²) in [4.78, 5) is 6.86. The molecular weight excluding hydrogens is 212 g/mol. The van der Waals surface area contributed by atoms with Crippen LogP contribution in [0.15, 0.2) is 4.99 Å². The fraction of sp³-hybridized carbons (Fsp3) is 0.923. The van der Waals surface area contributed by atoms with Gasteiger partial charge in [-0.3, -0.25) is 5.43 Å². The molecule has 0 aromatic rings. The Labute approximate surface area is 106 Å². The number of aliphatic imine (C=N–C) groups is 1. The van der Waals surface area contributed by atoms with Crippen LogP contribution in [0.2, 0.25) is 0 Å². The molecule has 1 rings (SSSR count). The molecule has 1 aliphatic rings. The summed E-state index contributed by atoms with van der Waals surface area (Å²) in [5.74, 6) is 6.41. The van der Waals surface area contributed by atoms with Crippen molar-refractivity contribution >= 4 is 5.96 Å². The number of nitrogens with two attached hydrogens (primary N) is 1. The summed E-state index contributed by atoms with van der Waals surface area (Å²) in [6.45, 7) is 7.61. The molecule has 0 aromatic heterocycles. The van der Waals surface area contributed by atoms with Gasteiger partial charge in [-0.25, -0.2) is 10.8 Å². The van der Waals surface area contributed by atoms with Crippen LogP contribution in [0, 0.1) is 5.41 Å². The Hall–Kier alpha value is -0.770. The Morgan fingerprint density at radius 3 is 2.35 bits per heavy atom. The number of hydrazine groups is 1. The lowest BCUT2D eigenvalue weighted by molar-refractivity contribution is 0.297. The fourth-order valence-electron chi connectivity index (χ4n) is 2.42. The van der Waals surface area contributed by atoms with Crippen molar-refractivity contribution in [3.8, 4) is 0 Å². The van der Waals surface area contributed by atoms with Crippen LogP contribution >= 0.6 is 0 Å². The predicted molar refractivity (Wildman–Crippen MR) is 73.7 cm³/mol. The van der Waals surface area contributed by atoms with Gasteiger partial charge in [-0.1, -0.05) is 40.0 Å². The first-order valence-electron chi connectivity index (χ1n) is 6.68. The molecule has 0 heterocycles. The quantitative estimate of drug-likeness (QED) is 0.336. The molecule has 4 nitrogen and oxygen atoms in total. The van der Waals surface area contributed by atoms with Crippen molar-refractivity contribution < 1.29 is 0 Å². The summed E-state index contributed by atoms with van der Waals surface area (Å²) in [6, 6.07) is 0.456. The minimum atomic E-state index is 0.249. The van der Waals surface area contributed by atoms with Crippen LogP contribution in [0.5, 0.6) is 0 Å². The highest BCUT2D eigenvalue weighted by Gasteiger charge is 2.18. The lowest BCUT2D eigenvalue weighted by Gasteiger charge is -2.30. The lowest BCUT2D eigenvalue weighted by atomic mass is 9.96. The normalized spacial score (nSPS) is 19.2. The largest absolute Gasteiger partial charge is 0.344 e. The molecule has 0 unspecified atom stereocenters. The number of hydrogen-bond acceptors (Lipinski definition) is 2. The molecule has 1 saturated carbocycles. The number of hydrogen-bond donors (Lipinski definition) is 2. The lowest BCUT2D eigenvalue weighted by Crippen LogP contribution is -2.46. The van der Waals surface area contributed by atoms with E-state index in [1.807, 2.05) is 7.05 Å². The fourth-order valence-corrected chi connectivity index (χ4v) is 2.42. The Morgan fingerprint density at radius 2 is 1.88 bits per heavy atom. The van der Waals surface area contributed by atoms with Crippen molar-refractivity contribution in [2.75, 3.05) is 13.6 Å². The zero-order chi connectivity index (χ0) is 12.9. The molecule has 0 radical (unpaired) electrons. The zero-order valence-corrected chi connectivity index (χ0v) is 11.8. The van der Waals surface area contributed by atoms with Gasteiger partial charge in [-0.05, 0) is 18.3 Å². The van der Waals surface area contributed by atoms with E-state index in [1.54, 1.807) is 0 Å². The van der Waals surface area contributed by atoms with E-state index in [0.717, 1.165) is 12.5 Å². The average Bonchev–Trinajstić information content (AvgIpc) is 2.24. The summed E-state index contributed by atoms with van der Waals surface area (Å²) in [5, 5.41) is 0. The van der Waals surface area contributed by atoms with E-state index < -0.39 is 0 Å². The third-order valence-electron chi connectivity index (χ3n) is 3.08. The molecule has 4 heteroatoms. The molecule has 0 aliphatic heterocycles. The van der Waals surface area contributed by atoms with Gasteiger partial charge in [0.15, 0.2) is 0 Å². The van der Waals surface area contributed by atoms with Crippen LogP contribution in [-0.4, -0.2) is 30.5 Å². The van der Waals surface area contributed by atoms with Gasteiger partial charge in [-0.15, -0.1) is 0 Å². The van der Waals surface area contributed by atoms with Crippen LogP contribution in [-0.2, 0) is 0 Å². The van der Waals surface area contributed by atoms with Gasteiger partial charge in [0.05, 0.1) is 6.04 Å². The van der Waals surface area contributed by atoms with E-state index in [0.29, 0.717) is 6.04 Å². The van der Waals surface area contributed by atoms with E-state index in [2.05, 4.69) is 31.1 Å². The first kappa shape index (κ1) is 14.3. The molecule has 0 bridgehead atoms. The maximum atomic E-state index is 5.59. The van der Waals surface area contributed by atoms with Crippen molar-refractivity contribution in [1.82, 2.24) is 10.3 Å². The third-order valence-corrected chi connectivity index (χ3v) is 3.08. The Bertz CT molecular complexity index is 249. The van der Waals surface area contributed by atoms with Gasteiger partial charge in [0.25, 0.3) is 0 Å². The summed E-state index contributed by atoms with van der Waals surface area (Å²) in [6.07, 6.45) is 6.36. The number of guanidine groups is 1. The van der Waals surface area contributed by atoms with Gasteiger partial charge >= 0.3 is 0 Å². The van der Waals surface area contributed by atoms with E-state index in [9.17, 15) is 0 Å². The molecule has 0 saturated heterocycles. The third kappa shape index (κ3) is 5.39. The summed E-state index contributed by atoms with van der Waals surface area (Å²) in [7, 11) is 2.05. The van der Waals surface area contributed by atoms with Crippen molar-refractivity contribution in [2.24, 2.45) is 16.3 Å². The van der Waals surface area contributed by atoms with Crippen LogP contribution in [0.25, 0.3) is 0 Å². The zero-order valence-electron chi connectivity index (χ0n) is 11.8. The smallest absolute Gasteiger partial charge is 0.208 e. The molecule has 1 aliphatic carbocycles. The molecule has 0 atom stereocenters. The van der Waals surface area contributed by atoms with Crippen molar-refractivity contribution in [3.63, 3.8) is 0 Å². The van der Waals surface area contributed by atoms with Gasteiger partial charge in [0, 0.05) is 13.6 Å². The molecule has 0 amide bonds. The topological polar surface area (TPSA) is 53.6 Å². The first-order valence-corrected chi connectivity index (χ1v) is 6.68.